The lowest BCUT2D eigenvalue weighted by atomic mass is 10.1. The Morgan fingerprint density at radius 1 is 0.521 bits per heavy atom. The standard InChI is InChI=1S/C38H44N2O8/c1-39(35(41)15-11-9-13-29-21-31(43-3)37(47-7)32(22-29)44-4)25-27-17-19-28(20-18-27)26-40(2)36(42)16-12-10-14-30-23-33(45-5)38(48-8)34(24-30)46-6/h9-24H,25-26H2,1-8H3. The number of hydrogen-bond donors (Lipinski definition) is 0. The normalized spacial score (nSPS) is 11.3. The lowest BCUT2D eigenvalue weighted by Gasteiger charge is -2.17. The molecule has 0 spiro atoms. The molecule has 48 heavy (non-hydrogen) atoms. The quantitative estimate of drug-likeness (QED) is 0.133. The molecule has 3 aromatic rings. The highest BCUT2D eigenvalue weighted by Crippen LogP contribution is 2.39. The van der Waals surface area contributed by atoms with Crippen molar-refractivity contribution in [2.75, 3.05) is 56.8 Å². The highest BCUT2D eigenvalue weighted by atomic mass is 16.5. The molecule has 0 heterocycles. The predicted molar refractivity (Wildman–Crippen MR) is 188 cm³/mol. The molecular weight excluding hydrogens is 612 g/mol. The van der Waals surface area contributed by atoms with Crippen LogP contribution in [0.15, 0.2) is 85.0 Å². The summed E-state index contributed by atoms with van der Waals surface area (Å²) >= 11 is 0. The minimum Gasteiger partial charge on any atom is -0.493 e. The lowest BCUT2D eigenvalue weighted by molar-refractivity contribution is -0.126. The molecule has 0 unspecified atom stereocenters. The van der Waals surface area contributed by atoms with Crippen LogP contribution in [0.3, 0.4) is 0 Å². The van der Waals surface area contributed by atoms with Gasteiger partial charge in [0.05, 0.1) is 42.7 Å². The third-order valence-electron chi connectivity index (χ3n) is 7.27. The Balaban J connectivity index is 1.51. The number of methoxy groups -OCH3 is 6. The van der Waals surface area contributed by atoms with Gasteiger partial charge in [-0.2, -0.15) is 0 Å². The van der Waals surface area contributed by atoms with Crippen LogP contribution in [0.4, 0.5) is 0 Å². The molecule has 3 aromatic carbocycles. The number of rotatable bonds is 16. The topological polar surface area (TPSA) is 96.0 Å². The third-order valence-corrected chi connectivity index (χ3v) is 7.27. The Morgan fingerprint density at radius 3 is 1.10 bits per heavy atom. The van der Waals surface area contributed by atoms with Crippen molar-refractivity contribution in [3.63, 3.8) is 0 Å². The van der Waals surface area contributed by atoms with Gasteiger partial charge in [-0.1, -0.05) is 60.7 Å². The van der Waals surface area contributed by atoms with Crippen LogP contribution in [0.2, 0.25) is 0 Å². The van der Waals surface area contributed by atoms with E-state index >= 15 is 0 Å². The van der Waals surface area contributed by atoms with Crippen LogP contribution >= 0.6 is 0 Å². The molecule has 0 bridgehead atoms. The van der Waals surface area contributed by atoms with E-state index in [1.54, 1.807) is 90.9 Å². The van der Waals surface area contributed by atoms with Gasteiger partial charge in [-0.25, -0.2) is 0 Å². The largest absolute Gasteiger partial charge is 0.493 e. The SMILES string of the molecule is COc1cc(C=CC=CC(=O)N(C)Cc2ccc(CN(C)C(=O)C=CC=Cc3cc(OC)c(OC)c(OC)c3)cc2)cc(OC)c1OC. The third kappa shape index (κ3) is 10.2. The summed E-state index contributed by atoms with van der Waals surface area (Å²) in [5.41, 5.74) is 3.62. The maximum absolute atomic E-state index is 12.7. The molecule has 2 amide bonds. The van der Waals surface area contributed by atoms with Gasteiger partial charge in [0.1, 0.15) is 0 Å². The average Bonchev–Trinajstić information content (AvgIpc) is 3.11. The van der Waals surface area contributed by atoms with Crippen LogP contribution in [-0.2, 0) is 22.7 Å². The van der Waals surface area contributed by atoms with E-state index in [1.807, 2.05) is 60.7 Å². The van der Waals surface area contributed by atoms with Crippen molar-refractivity contribution >= 4 is 24.0 Å². The summed E-state index contributed by atoms with van der Waals surface area (Å²) in [4.78, 5) is 28.6. The van der Waals surface area contributed by atoms with Gasteiger partial charge in [-0.3, -0.25) is 9.59 Å². The summed E-state index contributed by atoms with van der Waals surface area (Å²) in [5, 5.41) is 0. The first-order valence-electron chi connectivity index (χ1n) is 15.0. The molecule has 0 aliphatic heterocycles. The number of hydrogen-bond acceptors (Lipinski definition) is 8. The molecule has 0 N–H and O–H groups in total. The Morgan fingerprint density at radius 2 is 0.833 bits per heavy atom. The molecule has 0 radical (unpaired) electrons. The molecule has 10 heteroatoms. The summed E-state index contributed by atoms with van der Waals surface area (Å²) in [7, 11) is 12.9. The highest BCUT2D eigenvalue weighted by Gasteiger charge is 2.13. The molecule has 0 atom stereocenters. The summed E-state index contributed by atoms with van der Waals surface area (Å²) in [6.45, 7) is 0.881. The smallest absolute Gasteiger partial charge is 0.246 e. The van der Waals surface area contributed by atoms with Crippen LogP contribution < -0.4 is 28.4 Å². The predicted octanol–water partition coefficient (Wildman–Crippen LogP) is 6.19. The van der Waals surface area contributed by atoms with E-state index in [1.165, 1.54) is 12.2 Å². The maximum atomic E-state index is 12.7. The fraction of sp³-hybridized carbons (Fsp3) is 0.263. The van der Waals surface area contributed by atoms with Crippen LogP contribution in [0.25, 0.3) is 12.2 Å². The fourth-order valence-corrected chi connectivity index (χ4v) is 4.71. The number of likely N-dealkylation sites (N-methyl/N-ethyl adjacent to an activating group) is 2. The van der Waals surface area contributed by atoms with Crippen molar-refractivity contribution in [1.29, 1.82) is 0 Å². The molecule has 0 saturated heterocycles. The number of allylic oxidation sites excluding steroid dienone is 4. The number of benzene rings is 3. The zero-order valence-electron chi connectivity index (χ0n) is 28.8. The lowest BCUT2D eigenvalue weighted by Crippen LogP contribution is -2.25. The van der Waals surface area contributed by atoms with Gasteiger partial charge in [0.15, 0.2) is 23.0 Å². The van der Waals surface area contributed by atoms with Crippen LogP contribution in [0.1, 0.15) is 22.3 Å². The number of carbonyl (C=O) groups is 2. The van der Waals surface area contributed by atoms with Gasteiger partial charge in [0, 0.05) is 39.3 Å². The summed E-state index contributed by atoms with van der Waals surface area (Å²) in [6.07, 6.45) is 13.7. The maximum Gasteiger partial charge on any atom is 0.246 e. The van der Waals surface area contributed by atoms with Gasteiger partial charge in [0.2, 0.25) is 23.3 Å². The monoisotopic (exact) mass is 656 g/mol. The van der Waals surface area contributed by atoms with E-state index in [0.717, 1.165) is 22.3 Å². The Kier molecular flexibility index (Phi) is 14.2. The first-order chi connectivity index (χ1) is 23.2. The second-order valence-corrected chi connectivity index (χ2v) is 10.6. The van der Waals surface area contributed by atoms with Crippen LogP contribution in [0.5, 0.6) is 34.5 Å². The van der Waals surface area contributed by atoms with Crippen LogP contribution in [-0.4, -0.2) is 78.4 Å². The molecule has 3 rings (SSSR count). The highest BCUT2D eigenvalue weighted by molar-refractivity contribution is 5.88. The van der Waals surface area contributed by atoms with Gasteiger partial charge < -0.3 is 38.2 Å². The van der Waals surface area contributed by atoms with E-state index in [4.69, 9.17) is 28.4 Å². The zero-order chi connectivity index (χ0) is 35.1. The Labute approximate surface area is 283 Å². The number of carbonyl (C=O) groups excluding carboxylic acids is 2. The van der Waals surface area contributed by atoms with Crippen molar-refractivity contribution < 1.29 is 38.0 Å². The van der Waals surface area contributed by atoms with Gasteiger partial charge >= 0.3 is 0 Å². The first kappa shape index (κ1) is 36.8. The average molecular weight is 657 g/mol. The van der Waals surface area contributed by atoms with E-state index in [2.05, 4.69) is 0 Å². The van der Waals surface area contributed by atoms with Crippen molar-refractivity contribution in [2.45, 2.75) is 13.1 Å². The molecule has 0 saturated carbocycles. The van der Waals surface area contributed by atoms with Gasteiger partial charge in [-0.15, -0.1) is 0 Å². The van der Waals surface area contributed by atoms with Crippen LogP contribution in [0, 0.1) is 0 Å². The van der Waals surface area contributed by atoms with Crippen molar-refractivity contribution in [1.82, 2.24) is 9.80 Å². The van der Waals surface area contributed by atoms with E-state index in [-0.39, 0.29) is 11.8 Å². The molecule has 0 aliphatic rings. The summed E-state index contributed by atoms with van der Waals surface area (Å²) in [5.74, 6) is 2.97. The minimum absolute atomic E-state index is 0.134. The summed E-state index contributed by atoms with van der Waals surface area (Å²) in [6, 6.07) is 15.1. The van der Waals surface area contributed by atoms with Gasteiger partial charge in [0.25, 0.3) is 0 Å². The zero-order valence-corrected chi connectivity index (χ0v) is 28.8. The fourth-order valence-electron chi connectivity index (χ4n) is 4.71. The molecular formula is C38H44N2O8. The molecule has 254 valence electrons. The number of ether oxygens (including phenoxy) is 6. The van der Waals surface area contributed by atoms with Crippen molar-refractivity contribution in [2.24, 2.45) is 0 Å². The molecule has 0 aromatic heterocycles. The first-order valence-corrected chi connectivity index (χ1v) is 15.0. The number of nitrogens with zero attached hydrogens (tertiary/aromatic N) is 2. The molecule has 0 fully saturated rings. The second kappa shape index (κ2) is 18.5. The summed E-state index contributed by atoms with van der Waals surface area (Å²) < 4.78 is 32.3. The number of amides is 2. The van der Waals surface area contributed by atoms with E-state index in [9.17, 15) is 9.59 Å². The minimum atomic E-state index is -0.134. The van der Waals surface area contributed by atoms with Crippen molar-refractivity contribution in [3.05, 3.63) is 107 Å². The van der Waals surface area contributed by atoms with Crippen molar-refractivity contribution in [3.8, 4) is 34.5 Å². The molecule has 10 nitrogen and oxygen atoms in total. The van der Waals surface area contributed by atoms with Gasteiger partial charge in [-0.05, 0) is 46.5 Å². The Bertz CT molecular complexity index is 1490. The van der Waals surface area contributed by atoms with E-state index < -0.39 is 0 Å². The second-order valence-electron chi connectivity index (χ2n) is 10.6. The Hall–Kier alpha value is -5.64. The van der Waals surface area contributed by atoms with E-state index in [0.29, 0.717) is 47.6 Å². The molecule has 0 aliphatic carbocycles.